The highest BCUT2D eigenvalue weighted by atomic mass is 32.1. The van der Waals surface area contributed by atoms with Crippen LogP contribution in [-0.4, -0.2) is 31.2 Å². The Bertz CT molecular complexity index is 884. The van der Waals surface area contributed by atoms with E-state index in [1.165, 1.54) is 0 Å². The molecule has 0 bridgehead atoms. The molecule has 0 unspecified atom stereocenters. The summed E-state index contributed by atoms with van der Waals surface area (Å²) in [6, 6.07) is 6.21. The Morgan fingerprint density at radius 3 is 2.46 bits per heavy atom. The fraction of sp³-hybridized carbons (Fsp3) is 0.368. The van der Waals surface area contributed by atoms with Crippen LogP contribution in [0, 0.1) is 6.92 Å². The first-order chi connectivity index (χ1) is 11.4. The van der Waals surface area contributed by atoms with E-state index in [1.54, 1.807) is 18.4 Å². The van der Waals surface area contributed by atoms with Crippen molar-refractivity contribution in [3.8, 4) is 16.5 Å². The van der Waals surface area contributed by atoms with Gasteiger partial charge in [-0.3, -0.25) is 0 Å². The number of thiazole rings is 1. The molecule has 0 atom stereocenters. The first-order valence-electron chi connectivity index (χ1n) is 8.03. The van der Waals surface area contributed by atoms with E-state index in [-0.39, 0.29) is 0 Å². The van der Waals surface area contributed by atoms with Gasteiger partial charge in [0.05, 0.1) is 12.8 Å². The molecule has 126 valence electrons. The fourth-order valence-electron chi connectivity index (χ4n) is 2.77. The predicted octanol–water partition coefficient (Wildman–Crippen LogP) is 4.86. The van der Waals surface area contributed by atoms with Crippen molar-refractivity contribution >= 4 is 27.9 Å². The minimum atomic E-state index is 0.422. The zero-order valence-corrected chi connectivity index (χ0v) is 15.9. The number of aryl methyl sites for hydroxylation is 1. The molecule has 3 rings (SSSR count). The van der Waals surface area contributed by atoms with Crippen molar-refractivity contribution in [3.05, 3.63) is 34.8 Å². The first kappa shape index (κ1) is 16.7. The normalized spacial score (nSPS) is 11.3. The van der Waals surface area contributed by atoms with Gasteiger partial charge in [0.15, 0.2) is 0 Å². The number of fused-ring (bicyclic) bond motifs is 1. The van der Waals surface area contributed by atoms with Crippen molar-refractivity contribution in [2.45, 2.75) is 26.7 Å². The maximum absolute atomic E-state index is 5.49. The second-order valence-corrected chi connectivity index (χ2v) is 7.30. The van der Waals surface area contributed by atoms with Crippen LogP contribution < -0.4 is 9.64 Å². The molecule has 1 aromatic carbocycles. The van der Waals surface area contributed by atoms with E-state index < -0.39 is 0 Å². The van der Waals surface area contributed by atoms with Crippen LogP contribution in [0.5, 0.6) is 5.75 Å². The number of aromatic nitrogens is 2. The molecule has 24 heavy (non-hydrogen) atoms. The molecule has 3 aromatic rings. The zero-order valence-electron chi connectivity index (χ0n) is 15.0. The number of pyridine rings is 1. The standard InChI is InChI=1S/C19H23N3OS/c1-11(2)16-10-24-19(21-16)15-9-14-12(3)17(23-6)8-7-13(14)18(20-15)22(4)5/h7-11H,1-6H3. The molecule has 0 aliphatic rings. The molecular weight excluding hydrogens is 318 g/mol. The molecule has 5 heteroatoms. The van der Waals surface area contributed by atoms with Crippen LogP contribution in [0.15, 0.2) is 23.6 Å². The SMILES string of the molecule is COc1ccc2c(N(C)C)nc(-c3nc(C(C)C)cs3)cc2c1C. The lowest BCUT2D eigenvalue weighted by Crippen LogP contribution is -2.12. The maximum Gasteiger partial charge on any atom is 0.142 e. The molecule has 4 nitrogen and oxygen atoms in total. The van der Waals surface area contributed by atoms with Gasteiger partial charge in [-0.15, -0.1) is 11.3 Å². The average Bonchev–Trinajstić information content (AvgIpc) is 3.04. The molecule has 0 aliphatic heterocycles. The summed E-state index contributed by atoms with van der Waals surface area (Å²) in [6.07, 6.45) is 0. The number of benzene rings is 1. The summed E-state index contributed by atoms with van der Waals surface area (Å²) in [6.45, 7) is 6.41. The Morgan fingerprint density at radius 1 is 1.12 bits per heavy atom. The third-order valence-corrected chi connectivity index (χ3v) is 5.07. The van der Waals surface area contributed by atoms with E-state index in [4.69, 9.17) is 14.7 Å². The van der Waals surface area contributed by atoms with Crippen molar-refractivity contribution in [1.29, 1.82) is 0 Å². The quantitative estimate of drug-likeness (QED) is 0.679. The van der Waals surface area contributed by atoms with Gasteiger partial charge in [0.1, 0.15) is 22.3 Å². The molecule has 0 amide bonds. The summed E-state index contributed by atoms with van der Waals surface area (Å²) in [4.78, 5) is 11.7. The Balaban J connectivity index is 2.26. The number of nitrogens with zero attached hydrogens (tertiary/aromatic N) is 3. The van der Waals surface area contributed by atoms with Gasteiger partial charge in [-0.2, -0.15) is 0 Å². The molecule has 0 radical (unpaired) electrons. The van der Waals surface area contributed by atoms with E-state index in [1.807, 2.05) is 20.2 Å². The van der Waals surface area contributed by atoms with Gasteiger partial charge in [-0.1, -0.05) is 13.8 Å². The molecule has 0 aliphatic carbocycles. The summed E-state index contributed by atoms with van der Waals surface area (Å²) in [5.74, 6) is 2.27. The predicted molar refractivity (Wildman–Crippen MR) is 103 cm³/mol. The zero-order chi connectivity index (χ0) is 17.4. The minimum Gasteiger partial charge on any atom is -0.496 e. The van der Waals surface area contributed by atoms with Crippen molar-refractivity contribution in [3.63, 3.8) is 0 Å². The third-order valence-electron chi connectivity index (χ3n) is 4.19. The van der Waals surface area contributed by atoms with Gasteiger partial charge in [0.2, 0.25) is 0 Å². The number of anilines is 1. The Hall–Kier alpha value is -2.14. The summed E-state index contributed by atoms with van der Waals surface area (Å²) >= 11 is 1.65. The van der Waals surface area contributed by atoms with E-state index in [0.29, 0.717) is 5.92 Å². The van der Waals surface area contributed by atoms with Gasteiger partial charge in [-0.25, -0.2) is 9.97 Å². The number of rotatable bonds is 4. The fourth-order valence-corrected chi connectivity index (χ4v) is 3.71. The second kappa shape index (κ2) is 6.40. The van der Waals surface area contributed by atoms with E-state index >= 15 is 0 Å². The van der Waals surface area contributed by atoms with Crippen molar-refractivity contribution < 1.29 is 4.74 Å². The van der Waals surface area contributed by atoms with E-state index in [2.05, 4.69) is 43.2 Å². The van der Waals surface area contributed by atoms with Gasteiger partial charge < -0.3 is 9.64 Å². The Kier molecular flexibility index (Phi) is 4.45. The minimum absolute atomic E-state index is 0.422. The highest BCUT2D eigenvalue weighted by Crippen LogP contribution is 2.36. The van der Waals surface area contributed by atoms with E-state index in [0.717, 1.165) is 44.3 Å². The largest absolute Gasteiger partial charge is 0.496 e. The monoisotopic (exact) mass is 341 g/mol. The average molecular weight is 341 g/mol. The molecule has 0 N–H and O–H groups in total. The number of hydrogen-bond acceptors (Lipinski definition) is 5. The van der Waals surface area contributed by atoms with Gasteiger partial charge in [0, 0.05) is 24.9 Å². The van der Waals surface area contributed by atoms with Crippen LogP contribution >= 0.6 is 11.3 Å². The van der Waals surface area contributed by atoms with Crippen LogP contribution in [0.3, 0.4) is 0 Å². The van der Waals surface area contributed by atoms with Crippen molar-refractivity contribution in [2.24, 2.45) is 0 Å². The Labute approximate surface area is 147 Å². The lowest BCUT2D eigenvalue weighted by molar-refractivity contribution is 0.412. The topological polar surface area (TPSA) is 38.2 Å². The van der Waals surface area contributed by atoms with Crippen LogP contribution in [0.4, 0.5) is 5.82 Å². The summed E-state index contributed by atoms with van der Waals surface area (Å²) in [5, 5.41) is 5.37. The van der Waals surface area contributed by atoms with Crippen molar-refractivity contribution in [1.82, 2.24) is 9.97 Å². The molecular formula is C19H23N3OS. The van der Waals surface area contributed by atoms with Crippen LogP contribution in [0.25, 0.3) is 21.5 Å². The van der Waals surface area contributed by atoms with Crippen LogP contribution in [0.1, 0.15) is 31.0 Å². The van der Waals surface area contributed by atoms with Gasteiger partial charge in [0.25, 0.3) is 0 Å². The Morgan fingerprint density at radius 2 is 1.88 bits per heavy atom. The smallest absolute Gasteiger partial charge is 0.142 e. The summed E-state index contributed by atoms with van der Waals surface area (Å²) in [7, 11) is 5.75. The second-order valence-electron chi connectivity index (χ2n) is 6.45. The molecule has 0 saturated carbocycles. The van der Waals surface area contributed by atoms with Crippen LogP contribution in [-0.2, 0) is 0 Å². The lowest BCUT2D eigenvalue weighted by Gasteiger charge is -2.17. The molecule has 2 aromatic heterocycles. The van der Waals surface area contributed by atoms with E-state index in [9.17, 15) is 0 Å². The third kappa shape index (κ3) is 2.84. The molecule has 0 saturated heterocycles. The molecule has 0 spiro atoms. The number of methoxy groups -OCH3 is 1. The molecule has 0 fully saturated rings. The first-order valence-corrected chi connectivity index (χ1v) is 8.91. The van der Waals surface area contributed by atoms with Gasteiger partial charge >= 0.3 is 0 Å². The van der Waals surface area contributed by atoms with Crippen molar-refractivity contribution in [2.75, 3.05) is 26.1 Å². The number of ether oxygens (including phenoxy) is 1. The van der Waals surface area contributed by atoms with Crippen LogP contribution in [0.2, 0.25) is 0 Å². The summed E-state index contributed by atoms with van der Waals surface area (Å²) < 4.78 is 5.49. The van der Waals surface area contributed by atoms with Gasteiger partial charge in [-0.05, 0) is 42.0 Å². The highest BCUT2D eigenvalue weighted by Gasteiger charge is 2.15. The lowest BCUT2D eigenvalue weighted by atomic mass is 10.0. The molecule has 2 heterocycles. The maximum atomic E-state index is 5.49. The number of hydrogen-bond donors (Lipinski definition) is 0. The highest BCUT2D eigenvalue weighted by molar-refractivity contribution is 7.13. The summed E-state index contributed by atoms with van der Waals surface area (Å²) in [5.41, 5.74) is 3.16.